The van der Waals surface area contributed by atoms with Gasteiger partial charge >= 0.3 is 0 Å². The van der Waals surface area contributed by atoms with Crippen molar-refractivity contribution >= 4 is 11.8 Å². The van der Waals surface area contributed by atoms with E-state index in [2.05, 4.69) is 5.32 Å². The highest BCUT2D eigenvalue weighted by Crippen LogP contribution is 2.03. The lowest BCUT2D eigenvalue weighted by molar-refractivity contribution is -0.121. The van der Waals surface area contributed by atoms with E-state index in [1.807, 2.05) is 30.3 Å². The highest BCUT2D eigenvalue weighted by Gasteiger charge is 2.17. The van der Waals surface area contributed by atoms with Crippen LogP contribution >= 0.6 is 0 Å². The Bertz CT molecular complexity index is 582. The van der Waals surface area contributed by atoms with Gasteiger partial charge in [-0.05, 0) is 24.1 Å². The average molecular weight is 268 g/mol. The Balaban J connectivity index is 1.93. The lowest BCUT2D eigenvalue weighted by atomic mass is 10.1. The molecule has 0 radical (unpaired) electrons. The van der Waals surface area contributed by atoms with E-state index in [9.17, 15) is 9.59 Å². The summed E-state index contributed by atoms with van der Waals surface area (Å²) in [6, 6.07) is 17.3. The lowest BCUT2D eigenvalue weighted by Gasteiger charge is -2.11. The number of hydrogen-bond acceptors (Lipinski definition) is 3. The van der Waals surface area contributed by atoms with Crippen molar-refractivity contribution in [3.8, 4) is 0 Å². The van der Waals surface area contributed by atoms with Gasteiger partial charge in [0.05, 0.1) is 6.04 Å². The van der Waals surface area contributed by atoms with Crippen LogP contribution in [0.4, 0.5) is 0 Å². The largest absolute Gasteiger partial charge is 0.320 e. The molecule has 0 heterocycles. The van der Waals surface area contributed by atoms with E-state index in [1.165, 1.54) is 0 Å². The highest BCUT2D eigenvalue weighted by atomic mass is 16.2. The van der Waals surface area contributed by atoms with Crippen molar-refractivity contribution < 1.29 is 9.59 Å². The third kappa shape index (κ3) is 3.76. The van der Waals surface area contributed by atoms with E-state index in [4.69, 9.17) is 5.73 Å². The van der Waals surface area contributed by atoms with Gasteiger partial charge < -0.3 is 5.73 Å². The second-order valence-corrected chi connectivity index (χ2v) is 4.48. The van der Waals surface area contributed by atoms with Gasteiger partial charge in [-0.2, -0.15) is 0 Å². The average Bonchev–Trinajstić information content (AvgIpc) is 2.49. The maximum absolute atomic E-state index is 11.9. The summed E-state index contributed by atoms with van der Waals surface area (Å²) >= 11 is 0. The molecule has 0 saturated carbocycles. The van der Waals surface area contributed by atoms with Crippen LogP contribution in [-0.4, -0.2) is 17.9 Å². The zero-order valence-corrected chi connectivity index (χ0v) is 11.0. The molecule has 0 spiro atoms. The summed E-state index contributed by atoms with van der Waals surface area (Å²) in [5.41, 5.74) is 7.21. The molecule has 3 N–H and O–H groups in total. The number of benzene rings is 2. The molecule has 0 bridgehead atoms. The summed E-state index contributed by atoms with van der Waals surface area (Å²) in [5, 5.41) is 2.31. The zero-order valence-electron chi connectivity index (χ0n) is 11.0. The molecule has 0 aromatic heterocycles. The van der Waals surface area contributed by atoms with Crippen molar-refractivity contribution in [2.24, 2.45) is 5.73 Å². The summed E-state index contributed by atoms with van der Waals surface area (Å²) in [6.07, 6.45) is 0.398. The molecule has 0 aliphatic heterocycles. The molecule has 0 saturated heterocycles. The minimum Gasteiger partial charge on any atom is -0.320 e. The van der Waals surface area contributed by atoms with Crippen molar-refractivity contribution in [3.05, 3.63) is 71.8 Å². The predicted molar refractivity (Wildman–Crippen MR) is 77.0 cm³/mol. The number of nitrogens with two attached hydrogens (primary N) is 1. The molecule has 2 rings (SSSR count). The van der Waals surface area contributed by atoms with Gasteiger partial charge in [0.15, 0.2) is 0 Å². The smallest absolute Gasteiger partial charge is 0.257 e. The first-order valence-electron chi connectivity index (χ1n) is 6.36. The van der Waals surface area contributed by atoms with Crippen LogP contribution in [0.15, 0.2) is 60.7 Å². The first-order valence-corrected chi connectivity index (χ1v) is 6.36. The molecule has 0 aliphatic rings. The molecule has 1 atom stereocenters. The quantitative estimate of drug-likeness (QED) is 0.883. The van der Waals surface area contributed by atoms with Gasteiger partial charge in [-0.3, -0.25) is 14.9 Å². The van der Waals surface area contributed by atoms with E-state index in [1.54, 1.807) is 30.3 Å². The topological polar surface area (TPSA) is 72.2 Å². The van der Waals surface area contributed by atoms with E-state index in [0.717, 1.165) is 5.56 Å². The molecule has 102 valence electrons. The fourth-order valence-corrected chi connectivity index (χ4v) is 1.83. The molecular weight excluding hydrogens is 252 g/mol. The Morgan fingerprint density at radius 3 is 2.10 bits per heavy atom. The molecule has 4 heteroatoms. The maximum Gasteiger partial charge on any atom is 0.257 e. The maximum atomic E-state index is 11.9. The Labute approximate surface area is 117 Å². The Morgan fingerprint density at radius 2 is 1.50 bits per heavy atom. The van der Waals surface area contributed by atoms with Crippen LogP contribution in [0.5, 0.6) is 0 Å². The normalized spacial score (nSPS) is 11.7. The summed E-state index contributed by atoms with van der Waals surface area (Å²) in [5.74, 6) is -0.901. The van der Waals surface area contributed by atoms with Crippen molar-refractivity contribution in [1.82, 2.24) is 5.32 Å². The van der Waals surface area contributed by atoms with Gasteiger partial charge in [0, 0.05) is 5.56 Å². The molecule has 2 amide bonds. The van der Waals surface area contributed by atoms with Crippen molar-refractivity contribution in [2.75, 3.05) is 0 Å². The molecule has 0 fully saturated rings. The first kappa shape index (κ1) is 14.0. The van der Waals surface area contributed by atoms with Crippen molar-refractivity contribution in [3.63, 3.8) is 0 Å². The Morgan fingerprint density at radius 1 is 0.950 bits per heavy atom. The fraction of sp³-hybridized carbons (Fsp3) is 0.125. The van der Waals surface area contributed by atoms with Crippen molar-refractivity contribution in [1.29, 1.82) is 0 Å². The van der Waals surface area contributed by atoms with Gasteiger partial charge in [-0.25, -0.2) is 0 Å². The zero-order chi connectivity index (χ0) is 14.4. The van der Waals surface area contributed by atoms with Crippen LogP contribution in [-0.2, 0) is 11.2 Å². The van der Waals surface area contributed by atoms with Crippen LogP contribution in [0, 0.1) is 0 Å². The molecule has 4 nitrogen and oxygen atoms in total. The molecule has 20 heavy (non-hydrogen) atoms. The lowest BCUT2D eigenvalue weighted by Crippen LogP contribution is -2.44. The number of hydrogen-bond donors (Lipinski definition) is 2. The number of carbonyl (C=O) groups excluding carboxylic acids is 2. The monoisotopic (exact) mass is 268 g/mol. The predicted octanol–water partition coefficient (Wildman–Crippen LogP) is 1.51. The highest BCUT2D eigenvalue weighted by molar-refractivity contribution is 6.06. The number of amides is 2. The van der Waals surface area contributed by atoms with E-state index >= 15 is 0 Å². The third-order valence-electron chi connectivity index (χ3n) is 2.91. The summed E-state index contributed by atoms with van der Waals surface area (Å²) in [7, 11) is 0. The van der Waals surface area contributed by atoms with Crippen LogP contribution in [0.2, 0.25) is 0 Å². The minimum absolute atomic E-state index is 0.398. The van der Waals surface area contributed by atoms with Crippen LogP contribution in [0.3, 0.4) is 0 Å². The van der Waals surface area contributed by atoms with E-state index < -0.39 is 17.9 Å². The summed E-state index contributed by atoms with van der Waals surface area (Å²) < 4.78 is 0. The van der Waals surface area contributed by atoms with Crippen LogP contribution in [0.1, 0.15) is 15.9 Å². The first-order chi connectivity index (χ1) is 9.66. The molecule has 2 aromatic carbocycles. The van der Waals surface area contributed by atoms with Gasteiger partial charge in [-0.15, -0.1) is 0 Å². The summed E-state index contributed by atoms with van der Waals surface area (Å²) in [4.78, 5) is 23.7. The van der Waals surface area contributed by atoms with Gasteiger partial charge in [0.1, 0.15) is 0 Å². The Hall–Kier alpha value is -2.46. The number of nitrogens with one attached hydrogen (secondary N) is 1. The van der Waals surface area contributed by atoms with Gasteiger partial charge in [-0.1, -0.05) is 48.5 Å². The van der Waals surface area contributed by atoms with Gasteiger partial charge in [0.25, 0.3) is 5.91 Å². The fourth-order valence-electron chi connectivity index (χ4n) is 1.83. The minimum atomic E-state index is -0.745. The van der Waals surface area contributed by atoms with E-state index in [-0.39, 0.29) is 0 Å². The van der Waals surface area contributed by atoms with Crippen LogP contribution < -0.4 is 11.1 Å². The van der Waals surface area contributed by atoms with Crippen LogP contribution in [0.25, 0.3) is 0 Å². The Kier molecular flexibility index (Phi) is 4.63. The molecular formula is C16H16N2O2. The molecule has 1 unspecified atom stereocenters. The van der Waals surface area contributed by atoms with E-state index in [0.29, 0.717) is 12.0 Å². The van der Waals surface area contributed by atoms with Gasteiger partial charge in [0.2, 0.25) is 5.91 Å². The molecule has 0 aliphatic carbocycles. The molecule has 2 aromatic rings. The number of imide groups is 1. The summed E-state index contributed by atoms with van der Waals surface area (Å²) in [6.45, 7) is 0. The van der Waals surface area contributed by atoms with Crippen molar-refractivity contribution in [2.45, 2.75) is 12.5 Å². The second kappa shape index (κ2) is 6.63. The second-order valence-electron chi connectivity index (χ2n) is 4.48. The number of rotatable bonds is 4. The number of carbonyl (C=O) groups is 2. The SMILES string of the molecule is NC(Cc1ccccc1)C(=O)NC(=O)c1ccccc1. The standard InChI is InChI=1S/C16H16N2O2/c17-14(11-12-7-3-1-4-8-12)16(20)18-15(19)13-9-5-2-6-10-13/h1-10,14H,11,17H2,(H,18,19,20). The third-order valence-corrected chi connectivity index (χ3v) is 2.91.